The number of carbonyl (C=O) groups is 2. The van der Waals surface area contributed by atoms with E-state index in [1.54, 1.807) is 40.4 Å². The fourth-order valence-electron chi connectivity index (χ4n) is 2.58. The molecule has 0 aliphatic heterocycles. The van der Waals surface area contributed by atoms with Crippen LogP contribution in [-0.2, 0) is 11.3 Å². The van der Waals surface area contributed by atoms with Crippen molar-refractivity contribution in [1.29, 1.82) is 0 Å². The summed E-state index contributed by atoms with van der Waals surface area (Å²) < 4.78 is 20.1. The third-order valence-corrected chi connectivity index (χ3v) is 5.57. The minimum atomic E-state index is -0.407. The number of anilines is 1. The van der Waals surface area contributed by atoms with Crippen LogP contribution in [0.1, 0.15) is 16.4 Å². The Bertz CT molecular complexity index is 1160. The molecule has 2 amide bonds. The lowest BCUT2D eigenvalue weighted by Crippen LogP contribution is -2.24. The van der Waals surface area contributed by atoms with Gasteiger partial charge in [0.15, 0.2) is 21.9 Å². The molecular formula is C19H15FN6O3S2. The van der Waals surface area contributed by atoms with Gasteiger partial charge in [-0.1, -0.05) is 11.8 Å². The number of amides is 2. The van der Waals surface area contributed by atoms with E-state index in [1.807, 2.05) is 0 Å². The molecule has 0 atom stereocenters. The van der Waals surface area contributed by atoms with Gasteiger partial charge in [-0.15, -0.1) is 21.5 Å². The molecular weight excluding hydrogens is 443 g/mol. The van der Waals surface area contributed by atoms with Crippen molar-refractivity contribution in [2.45, 2.75) is 11.7 Å². The van der Waals surface area contributed by atoms with E-state index in [0.717, 1.165) is 11.8 Å². The third kappa shape index (κ3) is 5.16. The second-order valence-electron chi connectivity index (χ2n) is 6.04. The molecule has 0 unspecified atom stereocenters. The van der Waals surface area contributed by atoms with Crippen LogP contribution in [0, 0.1) is 5.82 Å². The topological polar surface area (TPSA) is 115 Å². The van der Waals surface area contributed by atoms with Gasteiger partial charge in [0.25, 0.3) is 5.91 Å². The van der Waals surface area contributed by atoms with Crippen LogP contribution >= 0.6 is 23.1 Å². The largest absolute Gasteiger partial charge is 0.459 e. The van der Waals surface area contributed by atoms with Gasteiger partial charge in [0.05, 0.1) is 18.6 Å². The molecule has 3 aromatic heterocycles. The van der Waals surface area contributed by atoms with Gasteiger partial charge < -0.3 is 15.1 Å². The molecule has 3 heterocycles. The summed E-state index contributed by atoms with van der Waals surface area (Å²) in [5, 5.41) is 16.4. The highest BCUT2D eigenvalue weighted by atomic mass is 32.2. The van der Waals surface area contributed by atoms with Crippen molar-refractivity contribution in [3.8, 4) is 5.69 Å². The van der Waals surface area contributed by atoms with Gasteiger partial charge in [0.2, 0.25) is 5.91 Å². The number of hydrogen-bond acceptors (Lipinski definition) is 8. The molecule has 0 aliphatic rings. The van der Waals surface area contributed by atoms with Gasteiger partial charge in [0, 0.05) is 17.3 Å². The van der Waals surface area contributed by atoms with Crippen LogP contribution in [0.15, 0.2) is 63.8 Å². The van der Waals surface area contributed by atoms with Crippen molar-refractivity contribution >= 4 is 40.0 Å². The van der Waals surface area contributed by atoms with Crippen molar-refractivity contribution in [1.82, 2.24) is 25.1 Å². The maximum Gasteiger partial charge on any atom is 0.287 e. The van der Waals surface area contributed by atoms with E-state index in [-0.39, 0.29) is 29.8 Å². The molecule has 0 spiro atoms. The minimum absolute atomic E-state index is 0.0514. The number of hydrogen-bond donors (Lipinski definition) is 2. The van der Waals surface area contributed by atoms with Gasteiger partial charge in [-0.2, -0.15) is 0 Å². The summed E-state index contributed by atoms with van der Waals surface area (Å²) in [6.07, 6.45) is 3.00. The summed E-state index contributed by atoms with van der Waals surface area (Å²) in [4.78, 5) is 28.4. The van der Waals surface area contributed by atoms with Crippen molar-refractivity contribution in [3.05, 3.63) is 71.6 Å². The lowest BCUT2D eigenvalue weighted by molar-refractivity contribution is -0.113. The van der Waals surface area contributed by atoms with Crippen LogP contribution in [0.4, 0.5) is 9.52 Å². The first-order valence-corrected chi connectivity index (χ1v) is 10.8. The Morgan fingerprint density at radius 3 is 2.74 bits per heavy atom. The number of nitrogens with zero attached hydrogens (tertiary/aromatic N) is 4. The van der Waals surface area contributed by atoms with Crippen LogP contribution in [-0.4, -0.2) is 37.3 Å². The van der Waals surface area contributed by atoms with Gasteiger partial charge >= 0.3 is 0 Å². The Morgan fingerprint density at radius 1 is 1.19 bits per heavy atom. The van der Waals surface area contributed by atoms with Crippen LogP contribution in [0.25, 0.3) is 5.69 Å². The van der Waals surface area contributed by atoms with Crippen LogP contribution in [0.3, 0.4) is 0 Å². The fraction of sp³-hybridized carbons (Fsp3) is 0.105. The second kappa shape index (κ2) is 9.53. The van der Waals surface area contributed by atoms with Gasteiger partial charge in [-0.05, 0) is 36.4 Å². The van der Waals surface area contributed by atoms with E-state index in [2.05, 4.69) is 25.8 Å². The number of aromatic nitrogens is 4. The molecule has 0 aliphatic carbocycles. The zero-order chi connectivity index (χ0) is 21.6. The SMILES string of the molecule is O=C(CSc1nnc(CNC(=O)c2ccco2)n1-c1ccc(F)cc1)Nc1nccs1. The number of halogens is 1. The van der Waals surface area contributed by atoms with Gasteiger partial charge in [0.1, 0.15) is 5.82 Å². The number of furan rings is 1. The highest BCUT2D eigenvalue weighted by molar-refractivity contribution is 7.99. The van der Waals surface area contributed by atoms with Gasteiger partial charge in [-0.25, -0.2) is 9.37 Å². The average Bonchev–Trinajstić information content (AvgIpc) is 3.53. The molecule has 4 rings (SSSR count). The predicted octanol–water partition coefficient (Wildman–Crippen LogP) is 3.12. The smallest absolute Gasteiger partial charge is 0.287 e. The zero-order valence-corrected chi connectivity index (χ0v) is 17.5. The van der Waals surface area contributed by atoms with E-state index < -0.39 is 5.91 Å². The molecule has 0 bridgehead atoms. The third-order valence-electron chi connectivity index (χ3n) is 3.95. The van der Waals surface area contributed by atoms with Crippen LogP contribution in [0.2, 0.25) is 0 Å². The zero-order valence-electron chi connectivity index (χ0n) is 15.8. The summed E-state index contributed by atoms with van der Waals surface area (Å²) in [5.74, 6) is -0.397. The number of thiazole rings is 1. The summed E-state index contributed by atoms with van der Waals surface area (Å²) in [6.45, 7) is 0.0514. The molecule has 12 heteroatoms. The number of benzene rings is 1. The molecule has 31 heavy (non-hydrogen) atoms. The molecule has 4 aromatic rings. The standard InChI is InChI=1S/C19H15FN6O3S2/c20-12-3-5-13(6-4-12)26-15(10-22-17(28)14-2-1-8-29-14)24-25-19(26)31-11-16(27)23-18-21-7-9-30-18/h1-9H,10-11H2,(H,22,28)(H,21,23,27). The van der Waals surface area contributed by atoms with Crippen molar-refractivity contribution in [2.75, 3.05) is 11.1 Å². The Balaban J connectivity index is 1.51. The maximum absolute atomic E-state index is 13.4. The van der Waals surface area contributed by atoms with Crippen molar-refractivity contribution in [3.63, 3.8) is 0 Å². The number of nitrogens with one attached hydrogen (secondary N) is 2. The molecule has 9 nitrogen and oxygen atoms in total. The molecule has 158 valence electrons. The summed E-state index contributed by atoms with van der Waals surface area (Å²) in [7, 11) is 0. The highest BCUT2D eigenvalue weighted by Gasteiger charge is 2.18. The quantitative estimate of drug-likeness (QED) is 0.390. The number of rotatable bonds is 8. The second-order valence-corrected chi connectivity index (χ2v) is 7.88. The van der Waals surface area contributed by atoms with E-state index >= 15 is 0 Å². The first-order chi connectivity index (χ1) is 15.1. The van der Waals surface area contributed by atoms with E-state index in [1.165, 1.54) is 29.7 Å². The number of thioether (sulfide) groups is 1. The summed E-state index contributed by atoms with van der Waals surface area (Å²) >= 11 is 2.48. The summed E-state index contributed by atoms with van der Waals surface area (Å²) in [5.41, 5.74) is 0.594. The van der Waals surface area contributed by atoms with Crippen molar-refractivity contribution < 1.29 is 18.4 Å². The molecule has 0 radical (unpaired) electrons. The van der Waals surface area contributed by atoms with Gasteiger partial charge in [-0.3, -0.25) is 14.2 Å². The Morgan fingerprint density at radius 2 is 2.03 bits per heavy atom. The molecule has 1 aromatic carbocycles. The van der Waals surface area contributed by atoms with Crippen LogP contribution < -0.4 is 10.6 Å². The average molecular weight is 459 g/mol. The van der Waals surface area contributed by atoms with Crippen molar-refractivity contribution in [2.24, 2.45) is 0 Å². The minimum Gasteiger partial charge on any atom is -0.459 e. The Hall–Kier alpha value is -3.51. The first kappa shape index (κ1) is 20.8. The highest BCUT2D eigenvalue weighted by Crippen LogP contribution is 2.23. The molecule has 0 fully saturated rings. The summed E-state index contributed by atoms with van der Waals surface area (Å²) in [6, 6.07) is 8.91. The van der Waals surface area contributed by atoms with Crippen LogP contribution in [0.5, 0.6) is 0 Å². The molecule has 0 saturated heterocycles. The van der Waals surface area contributed by atoms with E-state index in [4.69, 9.17) is 4.42 Å². The lowest BCUT2D eigenvalue weighted by atomic mass is 10.3. The fourth-order valence-corrected chi connectivity index (χ4v) is 3.90. The predicted molar refractivity (Wildman–Crippen MR) is 113 cm³/mol. The normalized spacial score (nSPS) is 10.7. The molecule has 2 N–H and O–H groups in total. The van der Waals surface area contributed by atoms with E-state index in [9.17, 15) is 14.0 Å². The van der Waals surface area contributed by atoms with E-state index in [0.29, 0.717) is 21.8 Å². The monoisotopic (exact) mass is 458 g/mol. The Labute approximate surface area is 183 Å². The first-order valence-electron chi connectivity index (χ1n) is 8.94. The number of carbonyl (C=O) groups excluding carboxylic acids is 2. The Kier molecular flexibility index (Phi) is 6.38. The maximum atomic E-state index is 13.4. The lowest BCUT2D eigenvalue weighted by Gasteiger charge is -2.10. The molecule has 0 saturated carbocycles.